The Labute approximate surface area is 624 Å². The molecule has 0 N–H and O–H groups in total. The zero-order valence-electron chi connectivity index (χ0n) is 62.8. The molecule has 0 aliphatic carbocycles. The van der Waals surface area contributed by atoms with Gasteiger partial charge in [0.05, 0.1) is 38.8 Å². The predicted octanol–water partition coefficient (Wildman–Crippen LogP) is 21.5. The fourth-order valence-electron chi connectivity index (χ4n) is 18.2. The van der Waals surface area contributed by atoms with E-state index in [9.17, 15) is 0 Å². The Bertz CT molecular complexity index is 6130. The first-order valence-electron chi connectivity index (χ1n) is 37.9. The van der Waals surface area contributed by atoms with E-state index < -0.39 is 8.07 Å². The van der Waals surface area contributed by atoms with Crippen LogP contribution in [0.25, 0.3) is 105 Å². The molecule has 17 aromatic rings. The second-order valence-corrected chi connectivity index (χ2v) is 37.8. The molecule has 5 heterocycles. The Morgan fingerprint density at radius 2 is 0.613 bits per heavy atom. The lowest BCUT2D eigenvalue weighted by Crippen LogP contribution is -2.87. The highest BCUT2D eigenvalue weighted by Crippen LogP contribution is 2.50. The Morgan fingerprint density at radius 3 is 1.04 bits per heavy atom. The van der Waals surface area contributed by atoms with Gasteiger partial charge in [0.2, 0.25) is 6.71 Å². The number of fused-ring (bicyclic) bond motifs is 13. The highest BCUT2D eigenvalue weighted by molar-refractivity contribution is 7.26. The average molecular weight is 1380 g/mol. The van der Waals surface area contributed by atoms with Crippen molar-refractivity contribution in [2.75, 3.05) is 4.90 Å². The topological polar surface area (TPSA) is 18.0 Å². The number of anilines is 3. The smallest absolute Gasteiger partial charge is 0.246 e. The number of benzene rings is 14. The lowest BCUT2D eigenvalue weighted by Gasteiger charge is -2.48. The van der Waals surface area contributed by atoms with Crippen LogP contribution in [0.3, 0.4) is 0 Å². The van der Waals surface area contributed by atoms with Gasteiger partial charge in [0.15, 0.2) is 8.07 Å². The molecule has 514 valence electrons. The monoisotopic (exact) mass is 1380 g/mol. The largest absolute Gasteiger partial charge is 0.310 e. The Morgan fingerprint density at radius 1 is 0.264 bits per heavy atom. The third-order valence-corrected chi connectivity index (χ3v) is 28.4. The molecule has 19 rings (SSSR count). The summed E-state index contributed by atoms with van der Waals surface area (Å²) in [6.45, 7) is 27.9. The van der Waals surface area contributed by atoms with Crippen LogP contribution < -0.4 is 42.0 Å². The van der Waals surface area contributed by atoms with Crippen LogP contribution in [0.15, 0.2) is 309 Å². The number of aromatic nitrogens is 3. The summed E-state index contributed by atoms with van der Waals surface area (Å²) in [5.41, 5.74) is 27.6. The SMILES string of the molecule is CC(C)(C)c1ccc2c(c1)c1cc(C(C)(C)C)ccc1n2-c1ccc2c(c1)N(c1c(-c3ccccc3)cccc1-c1ccccc1)c1cc(-n3c4ccccc4c4ccccc43)cc3c1B2c1ccc(-n2c4ccc(C(C)(C)C)cc4c4cc(C(C)(C)C)ccc42)cc1[Si]3(c1ccccc1)c1ccccc1. The summed E-state index contributed by atoms with van der Waals surface area (Å²) in [5, 5.41) is 13.0. The Balaban J connectivity index is 1.01. The van der Waals surface area contributed by atoms with Gasteiger partial charge < -0.3 is 18.6 Å². The highest BCUT2D eigenvalue weighted by atomic mass is 28.3. The molecule has 0 unspecified atom stereocenters. The highest BCUT2D eigenvalue weighted by Gasteiger charge is 2.54. The predicted molar refractivity (Wildman–Crippen MR) is 458 cm³/mol. The van der Waals surface area contributed by atoms with E-state index in [1.54, 1.807) is 0 Å². The van der Waals surface area contributed by atoms with Crippen LogP contribution in [-0.2, 0) is 21.7 Å². The van der Waals surface area contributed by atoms with Crippen molar-refractivity contribution in [1.82, 2.24) is 13.7 Å². The lowest BCUT2D eigenvalue weighted by molar-refractivity contribution is 0.590. The second-order valence-electron chi connectivity index (χ2n) is 34.1. The normalized spacial score (nSPS) is 13.7. The van der Waals surface area contributed by atoms with Gasteiger partial charge in [-0.1, -0.05) is 301 Å². The van der Waals surface area contributed by atoms with Gasteiger partial charge in [-0.25, -0.2) is 0 Å². The molecule has 0 fully saturated rings. The van der Waals surface area contributed by atoms with E-state index >= 15 is 0 Å². The minimum Gasteiger partial charge on any atom is -0.310 e. The Kier molecular flexibility index (Phi) is 14.7. The molecule has 0 radical (unpaired) electrons. The van der Waals surface area contributed by atoms with Gasteiger partial charge in [0, 0.05) is 71.9 Å². The summed E-state index contributed by atoms with van der Waals surface area (Å²) < 4.78 is 7.76. The van der Waals surface area contributed by atoms with E-state index in [-0.39, 0.29) is 28.4 Å². The zero-order valence-corrected chi connectivity index (χ0v) is 63.8. The van der Waals surface area contributed by atoms with E-state index in [0.29, 0.717) is 0 Å². The molecule has 6 heteroatoms. The van der Waals surface area contributed by atoms with Crippen LogP contribution in [0, 0.1) is 0 Å². The summed E-state index contributed by atoms with van der Waals surface area (Å²) in [6, 6.07) is 121. The van der Waals surface area contributed by atoms with Crippen molar-refractivity contribution in [3.8, 4) is 39.3 Å². The van der Waals surface area contributed by atoms with E-state index in [1.165, 1.54) is 130 Å². The van der Waals surface area contributed by atoms with Gasteiger partial charge in [-0.2, -0.15) is 0 Å². The maximum atomic E-state index is 2.75. The third kappa shape index (κ3) is 10.0. The van der Waals surface area contributed by atoms with Crippen molar-refractivity contribution in [3.63, 3.8) is 0 Å². The van der Waals surface area contributed by atoms with Gasteiger partial charge in [-0.05, 0) is 184 Å². The first kappa shape index (κ1) is 65.3. The number of nitrogens with zero attached hydrogens (tertiary/aromatic N) is 4. The number of hydrogen-bond acceptors (Lipinski definition) is 1. The van der Waals surface area contributed by atoms with Crippen molar-refractivity contribution in [2.24, 2.45) is 0 Å². The van der Waals surface area contributed by atoms with E-state index in [2.05, 4.69) is 411 Å². The summed E-state index contributed by atoms with van der Waals surface area (Å²) >= 11 is 0. The Hall–Kier alpha value is -11.4. The minimum absolute atomic E-state index is 0.0495. The zero-order chi connectivity index (χ0) is 72.5. The van der Waals surface area contributed by atoms with Crippen LogP contribution in [0.1, 0.15) is 105 Å². The molecule has 2 aliphatic heterocycles. The molecule has 4 nitrogen and oxygen atoms in total. The molecule has 0 saturated heterocycles. The maximum absolute atomic E-state index is 3.57. The van der Waals surface area contributed by atoms with Crippen LogP contribution in [0.5, 0.6) is 0 Å². The molecule has 0 atom stereocenters. The molecule has 0 bridgehead atoms. The van der Waals surface area contributed by atoms with Gasteiger partial charge in [-0.3, -0.25) is 0 Å². The number of hydrogen-bond donors (Lipinski definition) is 0. The molecular formula is C100H87BN4Si. The molecular weight excluding hydrogens is 1300 g/mol. The molecule has 0 spiro atoms. The quantitative estimate of drug-likeness (QED) is 0.139. The lowest BCUT2D eigenvalue weighted by atomic mass is 9.34. The van der Waals surface area contributed by atoms with Gasteiger partial charge in [0.25, 0.3) is 0 Å². The maximum Gasteiger partial charge on any atom is 0.246 e. The van der Waals surface area contributed by atoms with Gasteiger partial charge in [-0.15, -0.1) is 0 Å². The summed E-state index contributed by atoms with van der Waals surface area (Å²) in [5.74, 6) is 0. The second kappa shape index (κ2) is 23.8. The summed E-state index contributed by atoms with van der Waals surface area (Å²) in [7, 11) is -3.57. The van der Waals surface area contributed by atoms with E-state index in [0.717, 1.165) is 50.7 Å². The average Bonchev–Trinajstić information content (AvgIpc) is 0.777. The van der Waals surface area contributed by atoms with Crippen molar-refractivity contribution in [3.05, 3.63) is 332 Å². The fourth-order valence-corrected chi connectivity index (χ4v) is 23.6. The number of rotatable bonds is 8. The fraction of sp³-hybridized carbons (Fsp3) is 0.160. The molecule has 3 aromatic heterocycles. The van der Waals surface area contributed by atoms with E-state index in [1.807, 2.05) is 0 Å². The van der Waals surface area contributed by atoms with Crippen molar-refractivity contribution in [1.29, 1.82) is 0 Å². The third-order valence-electron chi connectivity index (χ3n) is 23.6. The summed E-state index contributed by atoms with van der Waals surface area (Å²) in [6.07, 6.45) is 0. The first-order chi connectivity index (χ1) is 51.1. The molecule has 0 saturated carbocycles. The standard InChI is InChI=1S/C100H87BN4Si/c1-97(2,3)66-44-52-87-79(56-66)80-57-67(98(4,5)6)45-53-88(80)102(87)70-48-50-83-91(60-70)105(96-75(64-30-17-13-18-31-64)40-29-41-76(96)65-32-19-14-20-33-65)92-61-72(104-85-42-27-25-38-77(85)78-39-26-28-43-86(78)104)63-94-95(92)101(83)84-51-49-71(62-93(84)106(94,73-34-21-15-22-35-73)74-36-23-16-24-37-74)103-89-54-46-68(99(7,8)9)58-81(89)82-59-69(100(10,11)12)47-55-90(82)103/h13-63H,1-12H3. The van der Waals surface area contributed by atoms with E-state index in [4.69, 9.17) is 0 Å². The van der Waals surface area contributed by atoms with Crippen molar-refractivity contribution < 1.29 is 0 Å². The van der Waals surface area contributed by atoms with Crippen LogP contribution in [-0.4, -0.2) is 28.5 Å². The molecule has 14 aromatic carbocycles. The number of para-hydroxylation sites is 3. The minimum atomic E-state index is -3.57. The first-order valence-corrected chi connectivity index (χ1v) is 39.9. The molecule has 106 heavy (non-hydrogen) atoms. The van der Waals surface area contributed by atoms with Crippen LogP contribution in [0.2, 0.25) is 0 Å². The molecule has 2 aliphatic rings. The van der Waals surface area contributed by atoms with Gasteiger partial charge >= 0.3 is 0 Å². The van der Waals surface area contributed by atoms with Crippen LogP contribution in [0.4, 0.5) is 17.1 Å². The van der Waals surface area contributed by atoms with Crippen molar-refractivity contribution in [2.45, 2.75) is 105 Å². The van der Waals surface area contributed by atoms with Gasteiger partial charge in [0.1, 0.15) is 0 Å². The molecule has 0 amide bonds. The summed E-state index contributed by atoms with van der Waals surface area (Å²) in [4.78, 5) is 2.75. The van der Waals surface area contributed by atoms with Crippen molar-refractivity contribution >= 4 is 134 Å². The van der Waals surface area contributed by atoms with Crippen LogP contribution >= 0.6 is 0 Å².